The summed E-state index contributed by atoms with van der Waals surface area (Å²) in [7, 11) is 0. The van der Waals surface area contributed by atoms with Crippen LogP contribution in [-0.4, -0.2) is 19.5 Å². The maximum atomic E-state index is 8.99. The zero-order valence-corrected chi connectivity index (χ0v) is 7.73. The van der Waals surface area contributed by atoms with Crippen molar-refractivity contribution in [2.45, 2.75) is 13.5 Å². The van der Waals surface area contributed by atoms with E-state index in [-0.39, 0.29) is 6.61 Å². The summed E-state index contributed by atoms with van der Waals surface area (Å²) in [4.78, 5) is 8.11. The van der Waals surface area contributed by atoms with Gasteiger partial charge in [0, 0.05) is 11.8 Å². The molecule has 0 atom stereocenters. The topological polar surface area (TPSA) is 102 Å². The normalized spacial score (nSPS) is 11.0. The van der Waals surface area contributed by atoms with E-state index in [9.17, 15) is 0 Å². The van der Waals surface area contributed by atoms with E-state index in [1.54, 1.807) is 11.3 Å². The third-order valence-electron chi connectivity index (χ3n) is 2.13. The van der Waals surface area contributed by atoms with E-state index in [0.29, 0.717) is 28.7 Å². The number of aliphatic hydroxyl groups excluding tert-OH is 1. The number of hydrogen-bond acceptors (Lipinski definition) is 5. The van der Waals surface area contributed by atoms with E-state index < -0.39 is 0 Å². The summed E-state index contributed by atoms with van der Waals surface area (Å²) >= 11 is 0. The average molecular weight is 193 g/mol. The second kappa shape index (κ2) is 2.85. The summed E-state index contributed by atoms with van der Waals surface area (Å²) in [6.07, 6.45) is 1.50. The monoisotopic (exact) mass is 193 g/mol. The van der Waals surface area contributed by atoms with Gasteiger partial charge in [0.2, 0.25) is 0 Å². The van der Waals surface area contributed by atoms with Crippen LogP contribution in [0.15, 0.2) is 6.20 Å². The van der Waals surface area contributed by atoms with Crippen molar-refractivity contribution in [3.8, 4) is 0 Å². The Labute approximate surface area is 80.2 Å². The maximum Gasteiger partial charge on any atom is 0.182 e. The lowest BCUT2D eigenvalue weighted by Gasteiger charge is -2.05. The number of imidazole rings is 1. The second-order valence-electron chi connectivity index (χ2n) is 3.03. The molecule has 0 bridgehead atoms. The molecule has 14 heavy (non-hydrogen) atoms. The minimum absolute atomic E-state index is 0.147. The number of fused-ring (bicyclic) bond motifs is 1. The molecule has 0 radical (unpaired) electrons. The fraction of sp³-hybridized carbons (Fsp3) is 0.250. The van der Waals surface area contributed by atoms with Crippen molar-refractivity contribution in [1.82, 2.24) is 14.4 Å². The smallest absolute Gasteiger partial charge is 0.182 e. The van der Waals surface area contributed by atoms with E-state index in [0.717, 1.165) is 0 Å². The van der Waals surface area contributed by atoms with Gasteiger partial charge in [0.15, 0.2) is 11.5 Å². The number of nitrogen functional groups attached to an aromatic ring is 2. The van der Waals surface area contributed by atoms with Crippen molar-refractivity contribution in [2.75, 3.05) is 11.5 Å². The first-order valence-corrected chi connectivity index (χ1v) is 4.14. The molecule has 2 rings (SSSR count). The predicted octanol–water partition coefficient (Wildman–Crippen LogP) is -0.306. The molecule has 2 aromatic rings. The largest absolute Gasteiger partial charge is 0.391 e. The van der Waals surface area contributed by atoms with E-state index in [4.69, 9.17) is 16.6 Å². The van der Waals surface area contributed by atoms with Crippen molar-refractivity contribution >= 4 is 17.3 Å². The molecule has 0 saturated heterocycles. The van der Waals surface area contributed by atoms with Crippen LogP contribution in [-0.2, 0) is 6.61 Å². The zero-order valence-electron chi connectivity index (χ0n) is 7.73. The van der Waals surface area contributed by atoms with Gasteiger partial charge >= 0.3 is 0 Å². The summed E-state index contributed by atoms with van der Waals surface area (Å²) in [5.74, 6) is 1.44. The van der Waals surface area contributed by atoms with Gasteiger partial charge in [-0.1, -0.05) is 0 Å². The molecule has 0 fully saturated rings. The van der Waals surface area contributed by atoms with Crippen LogP contribution in [0.1, 0.15) is 11.4 Å². The van der Waals surface area contributed by atoms with Gasteiger partial charge in [0.1, 0.15) is 11.6 Å². The molecule has 0 spiro atoms. The predicted molar refractivity (Wildman–Crippen MR) is 52.5 cm³/mol. The number of anilines is 2. The van der Waals surface area contributed by atoms with Crippen molar-refractivity contribution in [3.05, 3.63) is 17.6 Å². The minimum atomic E-state index is -0.147. The summed E-state index contributed by atoms with van der Waals surface area (Å²) in [6.45, 7) is 1.63. The first-order chi connectivity index (χ1) is 6.65. The van der Waals surface area contributed by atoms with Crippen LogP contribution in [0.5, 0.6) is 0 Å². The van der Waals surface area contributed by atoms with Crippen LogP contribution < -0.4 is 11.5 Å². The van der Waals surface area contributed by atoms with Crippen LogP contribution in [0.4, 0.5) is 11.6 Å². The highest BCUT2D eigenvalue weighted by Gasteiger charge is 2.11. The summed E-state index contributed by atoms with van der Waals surface area (Å²) in [5, 5.41) is 8.99. The Bertz CT molecular complexity index is 490. The first-order valence-electron chi connectivity index (χ1n) is 4.14. The number of aliphatic hydroxyl groups is 1. The Hall–Kier alpha value is -1.82. The van der Waals surface area contributed by atoms with Gasteiger partial charge in [0.25, 0.3) is 0 Å². The minimum Gasteiger partial charge on any atom is -0.391 e. The van der Waals surface area contributed by atoms with Gasteiger partial charge < -0.3 is 16.6 Å². The van der Waals surface area contributed by atoms with E-state index in [1.165, 1.54) is 6.20 Å². The fourth-order valence-corrected chi connectivity index (χ4v) is 1.43. The molecule has 2 heterocycles. The molecule has 0 aliphatic rings. The lowest BCUT2D eigenvalue weighted by atomic mass is 10.3. The molecule has 0 aromatic carbocycles. The van der Waals surface area contributed by atoms with Crippen LogP contribution in [0.2, 0.25) is 0 Å². The number of rotatable bonds is 1. The van der Waals surface area contributed by atoms with E-state index in [1.807, 2.05) is 0 Å². The zero-order chi connectivity index (χ0) is 10.3. The SMILES string of the molecule is Cc1nc(N)c2ncc(CO)c(N)n12. The Kier molecular flexibility index (Phi) is 1.78. The number of aromatic nitrogens is 3. The Morgan fingerprint density at radius 2 is 2.21 bits per heavy atom. The van der Waals surface area contributed by atoms with Gasteiger partial charge in [-0.25, -0.2) is 9.97 Å². The summed E-state index contributed by atoms with van der Waals surface area (Å²) < 4.78 is 1.63. The third-order valence-corrected chi connectivity index (χ3v) is 2.13. The highest BCUT2D eigenvalue weighted by molar-refractivity contribution is 5.65. The third kappa shape index (κ3) is 1.01. The number of aryl methyl sites for hydroxylation is 1. The van der Waals surface area contributed by atoms with Crippen molar-refractivity contribution < 1.29 is 5.11 Å². The molecule has 6 heteroatoms. The molecule has 0 aliphatic heterocycles. The molecule has 2 aromatic heterocycles. The molecule has 0 unspecified atom stereocenters. The Morgan fingerprint density at radius 3 is 2.86 bits per heavy atom. The molecule has 0 amide bonds. The molecule has 0 aliphatic carbocycles. The van der Waals surface area contributed by atoms with E-state index in [2.05, 4.69) is 9.97 Å². The highest BCUT2D eigenvalue weighted by atomic mass is 16.3. The lowest BCUT2D eigenvalue weighted by molar-refractivity contribution is 0.281. The Morgan fingerprint density at radius 1 is 1.50 bits per heavy atom. The molecule has 6 nitrogen and oxygen atoms in total. The number of nitrogens with two attached hydrogens (primary N) is 2. The molecular formula is C8H11N5O. The van der Waals surface area contributed by atoms with Crippen LogP contribution >= 0.6 is 0 Å². The summed E-state index contributed by atoms with van der Waals surface area (Å²) in [6, 6.07) is 0. The fourth-order valence-electron chi connectivity index (χ4n) is 1.43. The van der Waals surface area contributed by atoms with Crippen LogP contribution in [0.3, 0.4) is 0 Å². The lowest BCUT2D eigenvalue weighted by Crippen LogP contribution is -2.05. The Balaban J connectivity index is 2.87. The molecular weight excluding hydrogens is 182 g/mol. The molecule has 0 saturated carbocycles. The first kappa shape index (κ1) is 8.76. The van der Waals surface area contributed by atoms with Gasteiger partial charge in [-0.15, -0.1) is 0 Å². The van der Waals surface area contributed by atoms with Crippen molar-refractivity contribution in [1.29, 1.82) is 0 Å². The molecule has 74 valence electrons. The number of nitrogens with zero attached hydrogens (tertiary/aromatic N) is 3. The van der Waals surface area contributed by atoms with E-state index >= 15 is 0 Å². The van der Waals surface area contributed by atoms with Gasteiger partial charge in [-0.2, -0.15) is 0 Å². The van der Waals surface area contributed by atoms with Crippen LogP contribution in [0.25, 0.3) is 5.65 Å². The average Bonchev–Trinajstić information content (AvgIpc) is 2.44. The summed E-state index contributed by atoms with van der Waals surface area (Å²) in [5.41, 5.74) is 12.5. The molecule has 5 N–H and O–H groups in total. The number of hydrogen-bond donors (Lipinski definition) is 3. The van der Waals surface area contributed by atoms with Gasteiger partial charge in [0.05, 0.1) is 6.61 Å². The quantitative estimate of drug-likeness (QED) is 0.576. The van der Waals surface area contributed by atoms with Gasteiger partial charge in [-0.3, -0.25) is 4.40 Å². The van der Waals surface area contributed by atoms with Crippen molar-refractivity contribution in [3.63, 3.8) is 0 Å². The van der Waals surface area contributed by atoms with Crippen LogP contribution in [0, 0.1) is 6.92 Å². The standard InChI is InChI=1S/C8H11N5O/c1-4-12-6(9)8-11-2-5(3-14)7(10)13(4)8/h2,14H,3,9-10H2,1H3. The second-order valence-corrected chi connectivity index (χ2v) is 3.03. The van der Waals surface area contributed by atoms with Crippen molar-refractivity contribution in [2.24, 2.45) is 0 Å². The highest BCUT2D eigenvalue weighted by Crippen LogP contribution is 2.19. The maximum absolute atomic E-state index is 8.99. The van der Waals surface area contributed by atoms with Gasteiger partial charge in [-0.05, 0) is 6.92 Å².